The van der Waals surface area contributed by atoms with E-state index in [2.05, 4.69) is 21.2 Å². The lowest BCUT2D eigenvalue weighted by molar-refractivity contribution is -0.145. The predicted molar refractivity (Wildman–Crippen MR) is 92.8 cm³/mol. The molecular weight excluding hydrogens is 374 g/mol. The smallest absolute Gasteiger partial charge is 0.326 e. The summed E-state index contributed by atoms with van der Waals surface area (Å²) in [4.78, 5) is 35.8. The number of amides is 1. The van der Waals surface area contributed by atoms with Crippen molar-refractivity contribution in [3.8, 4) is 0 Å². The third-order valence-electron chi connectivity index (χ3n) is 3.24. The molecule has 0 saturated carbocycles. The van der Waals surface area contributed by atoms with Gasteiger partial charge in [-0.05, 0) is 31.2 Å². The summed E-state index contributed by atoms with van der Waals surface area (Å²) in [6.45, 7) is 1.20. The fourth-order valence-corrected chi connectivity index (χ4v) is 2.25. The van der Waals surface area contributed by atoms with Gasteiger partial charge >= 0.3 is 5.97 Å². The van der Waals surface area contributed by atoms with E-state index in [0.717, 1.165) is 4.47 Å². The molecule has 0 saturated heterocycles. The molecule has 0 spiro atoms. The van der Waals surface area contributed by atoms with E-state index in [1.807, 2.05) is 0 Å². The highest BCUT2D eigenvalue weighted by atomic mass is 79.9. The van der Waals surface area contributed by atoms with Crippen LogP contribution in [0, 0.1) is 0 Å². The predicted octanol–water partition coefficient (Wildman–Crippen LogP) is 2.99. The van der Waals surface area contributed by atoms with Gasteiger partial charge in [-0.15, -0.1) is 0 Å². The van der Waals surface area contributed by atoms with Crippen LogP contribution in [0.15, 0.2) is 59.1 Å². The Kier molecular flexibility index (Phi) is 6.26. The number of Topliss-reactive ketones (excluding diaryl/α,β-unsaturated/α-hetero) is 1. The molecule has 0 aliphatic heterocycles. The lowest BCUT2D eigenvalue weighted by atomic mass is 10.1. The molecule has 6 heteroatoms. The van der Waals surface area contributed by atoms with E-state index < -0.39 is 12.1 Å². The van der Waals surface area contributed by atoms with Crippen LogP contribution in [0.4, 0.5) is 0 Å². The third-order valence-corrected chi connectivity index (χ3v) is 3.76. The molecule has 1 amide bonds. The Balaban J connectivity index is 1.84. The summed E-state index contributed by atoms with van der Waals surface area (Å²) in [6, 6.07) is 15.3. The standard InChI is InChI=1S/C18H16BrNO4/c1-12(17(22)13-7-9-15(19)10-8-13)24-16(21)11-20-18(23)14-5-3-2-4-6-14/h2-10,12H,11H2,1H3,(H,20,23)/t12-/m0/s1. The molecule has 2 rings (SSSR count). The summed E-state index contributed by atoms with van der Waals surface area (Å²) < 4.78 is 5.92. The van der Waals surface area contributed by atoms with Gasteiger partial charge in [-0.3, -0.25) is 14.4 Å². The van der Waals surface area contributed by atoms with Gasteiger partial charge in [0.1, 0.15) is 6.54 Å². The van der Waals surface area contributed by atoms with E-state index in [-0.39, 0.29) is 18.2 Å². The normalized spacial score (nSPS) is 11.4. The minimum absolute atomic E-state index is 0.300. The number of nitrogens with one attached hydrogen (secondary N) is 1. The molecule has 0 radical (unpaired) electrons. The van der Waals surface area contributed by atoms with Crippen LogP contribution in [-0.4, -0.2) is 30.3 Å². The summed E-state index contributed by atoms with van der Waals surface area (Å²) in [7, 11) is 0. The molecule has 0 bridgehead atoms. The summed E-state index contributed by atoms with van der Waals surface area (Å²) >= 11 is 3.29. The van der Waals surface area contributed by atoms with E-state index in [9.17, 15) is 14.4 Å². The summed E-state index contributed by atoms with van der Waals surface area (Å²) in [5.74, 6) is -1.35. The quantitative estimate of drug-likeness (QED) is 0.608. The first-order chi connectivity index (χ1) is 11.5. The zero-order chi connectivity index (χ0) is 17.5. The monoisotopic (exact) mass is 389 g/mol. The Morgan fingerprint density at radius 1 is 1.00 bits per heavy atom. The van der Waals surface area contributed by atoms with Gasteiger partial charge in [-0.1, -0.05) is 46.3 Å². The average molecular weight is 390 g/mol. The van der Waals surface area contributed by atoms with Crippen LogP contribution in [0.5, 0.6) is 0 Å². The van der Waals surface area contributed by atoms with Gasteiger partial charge < -0.3 is 10.1 Å². The van der Waals surface area contributed by atoms with Crippen molar-refractivity contribution in [3.05, 3.63) is 70.2 Å². The molecule has 0 aliphatic rings. The molecule has 2 aromatic carbocycles. The van der Waals surface area contributed by atoms with Gasteiger partial charge in [0.15, 0.2) is 6.10 Å². The van der Waals surface area contributed by atoms with Gasteiger partial charge in [-0.2, -0.15) is 0 Å². The van der Waals surface area contributed by atoms with Gasteiger partial charge in [0.25, 0.3) is 5.91 Å². The number of esters is 1. The Labute approximate surface area is 148 Å². The molecule has 2 aromatic rings. The van der Waals surface area contributed by atoms with Crippen LogP contribution in [0.1, 0.15) is 27.6 Å². The lowest BCUT2D eigenvalue weighted by Gasteiger charge is -2.13. The summed E-state index contributed by atoms with van der Waals surface area (Å²) in [5, 5.41) is 2.46. The number of hydrogen-bond donors (Lipinski definition) is 1. The van der Waals surface area contributed by atoms with E-state index in [1.165, 1.54) is 6.92 Å². The third kappa shape index (κ3) is 5.03. The van der Waals surface area contributed by atoms with Gasteiger partial charge in [0.2, 0.25) is 5.78 Å². The van der Waals surface area contributed by atoms with Crippen molar-refractivity contribution in [1.29, 1.82) is 0 Å². The molecule has 1 N–H and O–H groups in total. The van der Waals surface area contributed by atoms with Crippen molar-refractivity contribution in [3.63, 3.8) is 0 Å². The highest BCUT2D eigenvalue weighted by Gasteiger charge is 2.19. The number of carbonyl (C=O) groups excluding carboxylic acids is 3. The SMILES string of the molecule is C[C@H](OC(=O)CNC(=O)c1ccccc1)C(=O)c1ccc(Br)cc1. The second kappa shape index (κ2) is 8.40. The molecule has 124 valence electrons. The highest BCUT2D eigenvalue weighted by molar-refractivity contribution is 9.10. The van der Waals surface area contributed by atoms with Crippen LogP contribution < -0.4 is 5.32 Å². The fraction of sp³-hybridized carbons (Fsp3) is 0.167. The zero-order valence-corrected chi connectivity index (χ0v) is 14.6. The van der Waals surface area contributed by atoms with Crippen LogP contribution >= 0.6 is 15.9 Å². The number of benzene rings is 2. The van der Waals surface area contributed by atoms with Gasteiger partial charge in [-0.25, -0.2) is 0 Å². The maximum atomic E-state index is 12.2. The molecule has 5 nitrogen and oxygen atoms in total. The summed E-state index contributed by atoms with van der Waals surface area (Å²) in [6.07, 6.45) is -0.924. The fourth-order valence-electron chi connectivity index (χ4n) is 1.99. The van der Waals surface area contributed by atoms with Crippen molar-refractivity contribution < 1.29 is 19.1 Å². The largest absolute Gasteiger partial charge is 0.453 e. The van der Waals surface area contributed by atoms with E-state index in [0.29, 0.717) is 11.1 Å². The summed E-state index contributed by atoms with van der Waals surface area (Å²) in [5.41, 5.74) is 0.899. The minimum Gasteiger partial charge on any atom is -0.453 e. The molecule has 0 aromatic heterocycles. The average Bonchev–Trinajstić information content (AvgIpc) is 2.60. The maximum Gasteiger partial charge on any atom is 0.326 e. The van der Waals surface area contributed by atoms with Crippen molar-refractivity contribution in [2.24, 2.45) is 0 Å². The van der Waals surface area contributed by atoms with Crippen molar-refractivity contribution in [2.75, 3.05) is 6.54 Å². The van der Waals surface area contributed by atoms with E-state index in [1.54, 1.807) is 54.6 Å². The Morgan fingerprint density at radius 3 is 2.25 bits per heavy atom. The Bertz CT molecular complexity index is 728. The van der Waals surface area contributed by atoms with Gasteiger partial charge in [0, 0.05) is 15.6 Å². The van der Waals surface area contributed by atoms with Crippen molar-refractivity contribution >= 4 is 33.6 Å². The minimum atomic E-state index is -0.924. The molecular formula is C18H16BrNO4. The van der Waals surface area contributed by atoms with Crippen LogP contribution in [0.2, 0.25) is 0 Å². The van der Waals surface area contributed by atoms with Crippen molar-refractivity contribution in [1.82, 2.24) is 5.32 Å². The van der Waals surface area contributed by atoms with Crippen LogP contribution in [-0.2, 0) is 9.53 Å². The first kappa shape index (κ1) is 17.9. The van der Waals surface area contributed by atoms with E-state index in [4.69, 9.17) is 4.74 Å². The maximum absolute atomic E-state index is 12.2. The van der Waals surface area contributed by atoms with Crippen molar-refractivity contribution in [2.45, 2.75) is 13.0 Å². The topological polar surface area (TPSA) is 72.5 Å². The van der Waals surface area contributed by atoms with Crippen LogP contribution in [0.25, 0.3) is 0 Å². The second-order valence-electron chi connectivity index (χ2n) is 5.05. The first-order valence-corrected chi connectivity index (χ1v) is 8.09. The lowest BCUT2D eigenvalue weighted by Crippen LogP contribution is -2.34. The number of halogens is 1. The van der Waals surface area contributed by atoms with Crippen LogP contribution in [0.3, 0.4) is 0 Å². The molecule has 0 unspecified atom stereocenters. The number of rotatable bonds is 6. The Morgan fingerprint density at radius 2 is 1.62 bits per heavy atom. The number of ether oxygens (including phenoxy) is 1. The molecule has 24 heavy (non-hydrogen) atoms. The molecule has 0 aliphatic carbocycles. The second-order valence-corrected chi connectivity index (χ2v) is 5.97. The molecule has 1 atom stereocenters. The number of hydrogen-bond acceptors (Lipinski definition) is 4. The number of carbonyl (C=O) groups is 3. The first-order valence-electron chi connectivity index (χ1n) is 7.30. The Hall–Kier alpha value is -2.47. The highest BCUT2D eigenvalue weighted by Crippen LogP contribution is 2.13. The molecule has 0 heterocycles. The van der Waals surface area contributed by atoms with Gasteiger partial charge in [0.05, 0.1) is 0 Å². The zero-order valence-electron chi connectivity index (χ0n) is 13.0. The molecule has 0 fully saturated rings. The number of ketones is 1. The van der Waals surface area contributed by atoms with E-state index >= 15 is 0 Å².